The Hall–Kier alpha value is -2.26. The summed E-state index contributed by atoms with van der Waals surface area (Å²) in [7, 11) is 0. The summed E-state index contributed by atoms with van der Waals surface area (Å²) in [6, 6.07) is 6.69. The Bertz CT molecular complexity index is 728. The number of nitrogens with one attached hydrogen (secondary N) is 2. The summed E-state index contributed by atoms with van der Waals surface area (Å²) in [5.41, 5.74) is 1.20. The summed E-state index contributed by atoms with van der Waals surface area (Å²) < 4.78 is 0.608. The van der Waals surface area contributed by atoms with Gasteiger partial charge in [0, 0.05) is 25.1 Å². The van der Waals surface area contributed by atoms with Crippen molar-refractivity contribution in [3.63, 3.8) is 0 Å². The molecule has 0 saturated heterocycles. The minimum absolute atomic E-state index is 0.0550. The highest BCUT2D eigenvalue weighted by atomic mass is 32.2. The number of benzene rings is 1. The van der Waals surface area contributed by atoms with E-state index in [1.54, 1.807) is 24.3 Å². The second-order valence-corrected chi connectivity index (χ2v) is 6.72. The number of amides is 2. The van der Waals surface area contributed by atoms with Crippen molar-refractivity contribution in [1.82, 2.24) is 10.2 Å². The molecule has 0 aliphatic heterocycles. The first-order valence-corrected chi connectivity index (χ1v) is 8.39. The van der Waals surface area contributed by atoms with Crippen molar-refractivity contribution in [2.24, 2.45) is 0 Å². The Labute approximate surface area is 140 Å². The van der Waals surface area contributed by atoms with E-state index in [-0.39, 0.29) is 23.4 Å². The SMILES string of the molecule is CC(=O)Nc1ccc(C(=O)CSc2nnc(NC(C)=O)s2)cc1. The second kappa shape index (κ2) is 7.84. The molecule has 7 nitrogen and oxygen atoms in total. The number of hydrogen-bond acceptors (Lipinski definition) is 7. The van der Waals surface area contributed by atoms with Gasteiger partial charge in [-0.1, -0.05) is 23.1 Å². The topological polar surface area (TPSA) is 101 Å². The van der Waals surface area contributed by atoms with E-state index in [1.165, 1.54) is 36.9 Å². The van der Waals surface area contributed by atoms with Gasteiger partial charge in [0.1, 0.15) is 0 Å². The van der Waals surface area contributed by atoms with Gasteiger partial charge >= 0.3 is 0 Å². The van der Waals surface area contributed by atoms with Crippen LogP contribution in [0.15, 0.2) is 28.6 Å². The molecule has 0 unspecified atom stereocenters. The minimum atomic E-state index is -0.215. The molecule has 1 heterocycles. The first-order chi connectivity index (χ1) is 10.9. The van der Waals surface area contributed by atoms with Crippen molar-refractivity contribution in [3.8, 4) is 0 Å². The molecule has 0 bridgehead atoms. The van der Waals surface area contributed by atoms with E-state index in [1.807, 2.05) is 0 Å². The molecule has 9 heteroatoms. The van der Waals surface area contributed by atoms with Gasteiger partial charge in [-0.3, -0.25) is 14.4 Å². The van der Waals surface area contributed by atoms with Gasteiger partial charge in [0.2, 0.25) is 16.9 Å². The lowest BCUT2D eigenvalue weighted by molar-refractivity contribution is -0.115. The number of anilines is 2. The average Bonchev–Trinajstić information content (AvgIpc) is 2.91. The maximum Gasteiger partial charge on any atom is 0.223 e. The molecule has 1 aromatic heterocycles. The summed E-state index contributed by atoms with van der Waals surface area (Å²) in [4.78, 5) is 34.0. The number of carbonyl (C=O) groups is 3. The van der Waals surface area contributed by atoms with E-state index < -0.39 is 0 Å². The summed E-state index contributed by atoms with van der Waals surface area (Å²) in [6.45, 7) is 2.81. The summed E-state index contributed by atoms with van der Waals surface area (Å²) in [5, 5.41) is 13.3. The third-order valence-electron chi connectivity index (χ3n) is 2.54. The number of thioether (sulfide) groups is 1. The molecule has 1 aromatic carbocycles. The number of rotatable bonds is 6. The predicted molar refractivity (Wildman–Crippen MR) is 90.0 cm³/mol. The van der Waals surface area contributed by atoms with Gasteiger partial charge in [-0.25, -0.2) is 0 Å². The normalized spacial score (nSPS) is 10.2. The molecule has 23 heavy (non-hydrogen) atoms. The van der Waals surface area contributed by atoms with Crippen LogP contribution in [0, 0.1) is 0 Å². The van der Waals surface area contributed by atoms with Crippen LogP contribution in [0.5, 0.6) is 0 Å². The van der Waals surface area contributed by atoms with E-state index in [9.17, 15) is 14.4 Å². The molecule has 0 spiro atoms. The van der Waals surface area contributed by atoms with Crippen molar-refractivity contribution in [1.29, 1.82) is 0 Å². The third-order valence-corrected chi connectivity index (χ3v) is 4.52. The van der Waals surface area contributed by atoms with Crippen LogP contribution in [0.4, 0.5) is 10.8 Å². The Morgan fingerprint density at radius 1 is 1.04 bits per heavy atom. The average molecular weight is 350 g/mol. The fraction of sp³-hybridized carbons (Fsp3) is 0.214. The Morgan fingerprint density at radius 3 is 2.30 bits per heavy atom. The van der Waals surface area contributed by atoms with Crippen LogP contribution < -0.4 is 10.6 Å². The van der Waals surface area contributed by atoms with Crippen LogP contribution >= 0.6 is 23.1 Å². The number of Topliss-reactive ketones (excluding diaryl/α,β-unsaturated/α-hetero) is 1. The highest BCUT2D eigenvalue weighted by Crippen LogP contribution is 2.26. The van der Waals surface area contributed by atoms with Gasteiger partial charge in [0.15, 0.2) is 10.1 Å². The van der Waals surface area contributed by atoms with Gasteiger partial charge in [-0.15, -0.1) is 10.2 Å². The lowest BCUT2D eigenvalue weighted by Gasteiger charge is -2.03. The Kier molecular flexibility index (Phi) is 5.83. The second-order valence-electron chi connectivity index (χ2n) is 4.52. The number of carbonyl (C=O) groups excluding carboxylic acids is 3. The lowest BCUT2D eigenvalue weighted by atomic mass is 10.1. The first-order valence-electron chi connectivity index (χ1n) is 6.59. The quantitative estimate of drug-likeness (QED) is 0.471. The third kappa shape index (κ3) is 5.46. The maximum atomic E-state index is 12.1. The van der Waals surface area contributed by atoms with Crippen LogP contribution in [0.25, 0.3) is 0 Å². The number of nitrogens with zero attached hydrogens (tertiary/aromatic N) is 2. The number of ketones is 1. The highest BCUT2D eigenvalue weighted by Gasteiger charge is 2.11. The molecule has 0 fully saturated rings. The zero-order valence-electron chi connectivity index (χ0n) is 12.5. The number of aromatic nitrogens is 2. The van der Waals surface area contributed by atoms with Gasteiger partial charge < -0.3 is 10.6 Å². The molecule has 120 valence electrons. The van der Waals surface area contributed by atoms with E-state index in [4.69, 9.17) is 0 Å². The highest BCUT2D eigenvalue weighted by molar-refractivity contribution is 8.01. The van der Waals surface area contributed by atoms with E-state index in [0.717, 1.165) is 0 Å². The molecule has 2 rings (SSSR count). The van der Waals surface area contributed by atoms with Gasteiger partial charge in [-0.2, -0.15) is 0 Å². The van der Waals surface area contributed by atoms with Crippen LogP contribution in [0.2, 0.25) is 0 Å². The fourth-order valence-electron chi connectivity index (χ4n) is 1.62. The first kappa shape index (κ1) is 17.1. The maximum absolute atomic E-state index is 12.1. The van der Waals surface area contributed by atoms with Crippen molar-refractivity contribution in [2.75, 3.05) is 16.4 Å². The monoisotopic (exact) mass is 350 g/mol. The minimum Gasteiger partial charge on any atom is -0.326 e. The smallest absolute Gasteiger partial charge is 0.223 e. The fourth-order valence-corrected chi connectivity index (χ4v) is 3.32. The van der Waals surface area contributed by atoms with Crippen molar-refractivity contribution >= 4 is 51.5 Å². The zero-order chi connectivity index (χ0) is 16.8. The van der Waals surface area contributed by atoms with Crippen LogP contribution in [0.3, 0.4) is 0 Å². The van der Waals surface area contributed by atoms with Crippen LogP contribution in [-0.2, 0) is 9.59 Å². The Morgan fingerprint density at radius 2 is 1.70 bits per heavy atom. The van der Waals surface area contributed by atoms with Crippen molar-refractivity contribution < 1.29 is 14.4 Å². The van der Waals surface area contributed by atoms with Crippen molar-refractivity contribution in [2.45, 2.75) is 18.2 Å². The molecular formula is C14H14N4O3S2. The van der Waals surface area contributed by atoms with Crippen LogP contribution in [-0.4, -0.2) is 33.5 Å². The molecular weight excluding hydrogens is 336 g/mol. The summed E-state index contributed by atoms with van der Waals surface area (Å²) in [5.74, 6) is -0.215. The lowest BCUT2D eigenvalue weighted by Crippen LogP contribution is -2.06. The summed E-state index contributed by atoms with van der Waals surface area (Å²) >= 11 is 2.48. The molecule has 2 N–H and O–H groups in total. The van der Waals surface area contributed by atoms with E-state index >= 15 is 0 Å². The van der Waals surface area contributed by atoms with Gasteiger partial charge in [-0.05, 0) is 24.3 Å². The van der Waals surface area contributed by atoms with Gasteiger partial charge in [0.05, 0.1) is 5.75 Å². The Balaban J connectivity index is 1.90. The van der Waals surface area contributed by atoms with Gasteiger partial charge in [0.25, 0.3) is 0 Å². The standard InChI is InChI=1S/C14H14N4O3S2/c1-8(19)15-11-5-3-10(4-6-11)12(21)7-22-14-18-17-13(23-14)16-9(2)20/h3-6H,7H2,1-2H3,(H,15,19)(H,16,17,20). The molecule has 0 radical (unpaired) electrons. The molecule has 0 saturated carbocycles. The van der Waals surface area contributed by atoms with Crippen molar-refractivity contribution in [3.05, 3.63) is 29.8 Å². The molecule has 0 atom stereocenters. The molecule has 0 aliphatic rings. The zero-order valence-corrected chi connectivity index (χ0v) is 14.1. The molecule has 2 aromatic rings. The molecule has 0 aliphatic carbocycles. The van der Waals surface area contributed by atoms with Crippen LogP contribution in [0.1, 0.15) is 24.2 Å². The van der Waals surface area contributed by atoms with E-state index in [2.05, 4.69) is 20.8 Å². The largest absolute Gasteiger partial charge is 0.326 e. The van der Waals surface area contributed by atoms with E-state index in [0.29, 0.717) is 20.7 Å². The molecule has 2 amide bonds. The predicted octanol–water partition coefficient (Wildman–Crippen LogP) is 2.43. The number of hydrogen-bond donors (Lipinski definition) is 2. The summed E-state index contributed by atoms with van der Waals surface area (Å²) in [6.07, 6.45) is 0.